The van der Waals surface area contributed by atoms with Gasteiger partial charge in [-0.3, -0.25) is 4.90 Å². The fourth-order valence-electron chi connectivity index (χ4n) is 5.73. The highest BCUT2D eigenvalue weighted by Crippen LogP contribution is 2.52. The third kappa shape index (κ3) is 3.22. The van der Waals surface area contributed by atoms with Crippen LogP contribution in [-0.4, -0.2) is 15.1 Å². The van der Waals surface area contributed by atoms with Crippen molar-refractivity contribution in [3.63, 3.8) is 0 Å². The molecule has 0 saturated heterocycles. The number of rotatable bonds is 2. The van der Waals surface area contributed by atoms with Gasteiger partial charge in [0.25, 0.3) is 0 Å². The zero-order valence-corrected chi connectivity index (χ0v) is 20.7. The number of benzene rings is 4. The van der Waals surface area contributed by atoms with Gasteiger partial charge in [0, 0.05) is 22.6 Å². The van der Waals surface area contributed by atoms with Crippen molar-refractivity contribution in [3.8, 4) is 17.0 Å². The van der Waals surface area contributed by atoms with Gasteiger partial charge < -0.3 is 5.11 Å². The molecule has 1 aliphatic heterocycles. The summed E-state index contributed by atoms with van der Waals surface area (Å²) in [6.45, 7) is 4.55. The summed E-state index contributed by atoms with van der Waals surface area (Å²) in [7, 11) is 0. The molecule has 178 valence electrons. The Balaban J connectivity index is 1.45. The van der Waals surface area contributed by atoms with Gasteiger partial charge in [-0.1, -0.05) is 74.5 Å². The van der Waals surface area contributed by atoms with Gasteiger partial charge in [-0.15, -0.1) is 0 Å². The Hall–Kier alpha value is -4.70. The first-order valence-electron chi connectivity index (χ1n) is 12.5. The number of aromatic nitrogens is 2. The van der Waals surface area contributed by atoms with Crippen molar-refractivity contribution in [3.05, 3.63) is 120 Å². The second-order valence-electron chi connectivity index (χ2n) is 10.1. The van der Waals surface area contributed by atoms with Gasteiger partial charge >= 0.3 is 0 Å². The van der Waals surface area contributed by atoms with Crippen LogP contribution in [0.4, 0.5) is 17.2 Å². The number of hydrogen-bond acceptors (Lipinski definition) is 4. The van der Waals surface area contributed by atoms with Crippen molar-refractivity contribution < 1.29 is 5.11 Å². The molecule has 6 aromatic rings. The standard InChI is InChI=1S/C33H25N3O/c1-33(2)25-11-5-6-12-28(25)36(31-13-7-8-18-34-31)29-19-22(14-16-26(29)33)27-17-15-24-23-10-4-3-9-21(23)20-30(37)32(24)35-27/h3-20,37H,1-2H3. The highest BCUT2D eigenvalue weighted by atomic mass is 16.3. The lowest BCUT2D eigenvalue weighted by atomic mass is 9.73. The molecule has 1 aliphatic rings. The van der Waals surface area contributed by atoms with Crippen molar-refractivity contribution in [1.29, 1.82) is 0 Å². The van der Waals surface area contributed by atoms with Crippen LogP contribution in [-0.2, 0) is 5.41 Å². The van der Waals surface area contributed by atoms with Crippen LogP contribution in [0.15, 0.2) is 109 Å². The maximum Gasteiger partial charge on any atom is 0.142 e. The average molecular weight is 480 g/mol. The largest absolute Gasteiger partial charge is 0.506 e. The fraction of sp³-hybridized carbons (Fsp3) is 0.0909. The lowest BCUT2D eigenvalue weighted by Crippen LogP contribution is -2.30. The summed E-state index contributed by atoms with van der Waals surface area (Å²) < 4.78 is 0. The molecule has 0 radical (unpaired) electrons. The third-order valence-corrected chi connectivity index (χ3v) is 7.59. The number of pyridine rings is 2. The summed E-state index contributed by atoms with van der Waals surface area (Å²) in [6, 6.07) is 35.1. The zero-order chi connectivity index (χ0) is 25.1. The average Bonchev–Trinajstić information content (AvgIpc) is 2.93. The maximum absolute atomic E-state index is 10.8. The summed E-state index contributed by atoms with van der Waals surface area (Å²) in [5.41, 5.74) is 6.96. The number of fused-ring (bicyclic) bond motifs is 5. The molecular weight excluding hydrogens is 454 g/mol. The number of phenols is 1. The molecule has 0 atom stereocenters. The quantitative estimate of drug-likeness (QED) is 0.254. The number of para-hydroxylation sites is 1. The second-order valence-corrected chi connectivity index (χ2v) is 10.1. The van der Waals surface area contributed by atoms with E-state index < -0.39 is 0 Å². The van der Waals surface area contributed by atoms with E-state index in [9.17, 15) is 5.11 Å². The Morgan fingerprint density at radius 3 is 2.35 bits per heavy atom. The predicted octanol–water partition coefficient (Wildman–Crippen LogP) is 8.26. The van der Waals surface area contributed by atoms with Crippen LogP contribution < -0.4 is 4.90 Å². The zero-order valence-electron chi connectivity index (χ0n) is 20.7. The summed E-state index contributed by atoms with van der Waals surface area (Å²) in [6.07, 6.45) is 1.83. The molecule has 3 heterocycles. The number of nitrogens with zero attached hydrogens (tertiary/aromatic N) is 3. The maximum atomic E-state index is 10.8. The molecule has 37 heavy (non-hydrogen) atoms. The van der Waals surface area contributed by atoms with E-state index >= 15 is 0 Å². The first kappa shape index (κ1) is 21.6. The van der Waals surface area contributed by atoms with Crippen LogP contribution in [0.3, 0.4) is 0 Å². The molecule has 0 aliphatic carbocycles. The molecule has 0 bridgehead atoms. The Kier molecular flexibility index (Phi) is 4.61. The Morgan fingerprint density at radius 1 is 0.703 bits per heavy atom. The number of aromatic hydroxyl groups is 1. The van der Waals surface area contributed by atoms with Crippen LogP contribution in [0.2, 0.25) is 0 Å². The minimum atomic E-state index is -0.177. The molecule has 0 fully saturated rings. The highest BCUT2D eigenvalue weighted by molar-refractivity contribution is 6.09. The van der Waals surface area contributed by atoms with Crippen molar-refractivity contribution in [2.45, 2.75) is 19.3 Å². The minimum absolute atomic E-state index is 0.177. The van der Waals surface area contributed by atoms with Crippen molar-refractivity contribution in [1.82, 2.24) is 9.97 Å². The van der Waals surface area contributed by atoms with Crippen molar-refractivity contribution in [2.75, 3.05) is 4.90 Å². The van der Waals surface area contributed by atoms with E-state index in [-0.39, 0.29) is 11.2 Å². The van der Waals surface area contributed by atoms with E-state index in [4.69, 9.17) is 9.97 Å². The van der Waals surface area contributed by atoms with Crippen LogP contribution in [0.1, 0.15) is 25.0 Å². The molecule has 0 spiro atoms. The van der Waals surface area contributed by atoms with Gasteiger partial charge in [-0.2, -0.15) is 0 Å². The van der Waals surface area contributed by atoms with Crippen molar-refractivity contribution in [2.24, 2.45) is 0 Å². The molecule has 4 heteroatoms. The smallest absolute Gasteiger partial charge is 0.142 e. The number of hydrogen-bond donors (Lipinski definition) is 1. The van der Waals surface area contributed by atoms with Gasteiger partial charge in [0.05, 0.1) is 17.1 Å². The normalized spacial score (nSPS) is 13.9. The van der Waals surface area contributed by atoms with Gasteiger partial charge in [0.2, 0.25) is 0 Å². The van der Waals surface area contributed by atoms with Crippen LogP contribution >= 0.6 is 0 Å². The van der Waals surface area contributed by atoms with E-state index in [0.29, 0.717) is 5.52 Å². The Morgan fingerprint density at radius 2 is 1.49 bits per heavy atom. The monoisotopic (exact) mass is 479 g/mol. The van der Waals surface area contributed by atoms with Gasteiger partial charge in [-0.25, -0.2) is 9.97 Å². The first-order chi connectivity index (χ1) is 18.0. The minimum Gasteiger partial charge on any atom is -0.506 e. The third-order valence-electron chi connectivity index (χ3n) is 7.59. The highest BCUT2D eigenvalue weighted by Gasteiger charge is 2.37. The summed E-state index contributed by atoms with van der Waals surface area (Å²) in [5, 5.41) is 13.9. The summed E-state index contributed by atoms with van der Waals surface area (Å²) in [5.74, 6) is 1.07. The van der Waals surface area contributed by atoms with E-state index in [0.717, 1.165) is 44.6 Å². The molecule has 0 unspecified atom stereocenters. The second kappa shape index (κ2) is 7.90. The van der Waals surface area contributed by atoms with E-state index in [1.165, 1.54) is 11.1 Å². The Bertz CT molecular complexity index is 1830. The molecule has 0 saturated carbocycles. The van der Waals surface area contributed by atoms with E-state index in [2.05, 4.69) is 73.3 Å². The topological polar surface area (TPSA) is 49.2 Å². The number of phenolic OH excluding ortho intramolecular Hbond substituents is 1. The van der Waals surface area contributed by atoms with Crippen LogP contribution in [0.25, 0.3) is 32.9 Å². The van der Waals surface area contributed by atoms with E-state index in [1.807, 2.05) is 48.7 Å². The fourth-order valence-corrected chi connectivity index (χ4v) is 5.73. The molecular formula is C33H25N3O. The first-order valence-corrected chi connectivity index (χ1v) is 12.5. The lowest BCUT2D eigenvalue weighted by molar-refractivity contribution is 0.481. The van der Waals surface area contributed by atoms with Gasteiger partial charge in [0.1, 0.15) is 17.1 Å². The van der Waals surface area contributed by atoms with E-state index in [1.54, 1.807) is 6.07 Å². The lowest BCUT2D eigenvalue weighted by Gasteiger charge is -2.41. The molecule has 4 aromatic carbocycles. The summed E-state index contributed by atoms with van der Waals surface area (Å²) in [4.78, 5) is 11.9. The molecule has 7 rings (SSSR count). The van der Waals surface area contributed by atoms with Crippen LogP contribution in [0.5, 0.6) is 5.75 Å². The number of anilines is 3. The molecule has 0 amide bonds. The molecule has 4 nitrogen and oxygen atoms in total. The van der Waals surface area contributed by atoms with Crippen molar-refractivity contribution >= 4 is 38.9 Å². The summed E-state index contributed by atoms with van der Waals surface area (Å²) >= 11 is 0. The van der Waals surface area contributed by atoms with Crippen LogP contribution in [0, 0.1) is 0 Å². The van der Waals surface area contributed by atoms with Gasteiger partial charge in [0.15, 0.2) is 0 Å². The van der Waals surface area contributed by atoms with Gasteiger partial charge in [-0.05, 0) is 64.4 Å². The molecule has 2 aromatic heterocycles. The SMILES string of the molecule is CC1(C)c2ccccc2N(c2ccccn2)c2cc(-c3ccc4c(n3)c(O)cc3ccccc34)ccc21. The molecule has 1 N–H and O–H groups in total. The predicted molar refractivity (Wildman–Crippen MR) is 151 cm³/mol. The Labute approximate surface area is 215 Å².